The molecule has 1 saturated heterocycles. The molecule has 2 aromatic carbocycles. The maximum atomic E-state index is 12.6. The molecular weight excluding hydrogens is 326 g/mol. The largest absolute Gasteiger partial charge is 0.466 e. The number of carbonyl (C=O) groups is 2. The van der Waals surface area contributed by atoms with Gasteiger partial charge in [-0.05, 0) is 36.8 Å². The molecule has 0 spiro atoms. The van der Waals surface area contributed by atoms with Gasteiger partial charge in [0.1, 0.15) is 0 Å². The van der Waals surface area contributed by atoms with Crippen LogP contribution < -0.4 is 4.90 Å². The molecule has 0 N–H and O–H groups in total. The molecule has 124 valence electrons. The predicted octanol–water partition coefficient (Wildman–Crippen LogP) is 4.00. The van der Waals surface area contributed by atoms with Gasteiger partial charge in [0.2, 0.25) is 5.91 Å². The Balaban J connectivity index is 2.04. The average molecular weight is 344 g/mol. The number of rotatable bonds is 4. The summed E-state index contributed by atoms with van der Waals surface area (Å²) in [5.41, 5.74) is 1.64. The van der Waals surface area contributed by atoms with Crippen molar-refractivity contribution >= 4 is 29.2 Å². The van der Waals surface area contributed by atoms with E-state index in [4.69, 9.17) is 16.3 Å². The van der Waals surface area contributed by atoms with Crippen molar-refractivity contribution in [1.29, 1.82) is 0 Å². The Labute approximate surface area is 146 Å². The first-order valence-corrected chi connectivity index (χ1v) is 8.29. The van der Waals surface area contributed by atoms with Crippen LogP contribution in [0.15, 0.2) is 54.6 Å². The third kappa shape index (κ3) is 3.15. The lowest BCUT2D eigenvalue weighted by atomic mass is 9.93. The van der Waals surface area contributed by atoms with Crippen molar-refractivity contribution in [3.05, 3.63) is 65.2 Å². The number of hydrogen-bond acceptors (Lipinski definition) is 3. The summed E-state index contributed by atoms with van der Waals surface area (Å²) in [5.74, 6) is -0.956. The summed E-state index contributed by atoms with van der Waals surface area (Å²) in [5, 5.41) is 0.613. The van der Waals surface area contributed by atoms with Gasteiger partial charge >= 0.3 is 5.97 Å². The van der Waals surface area contributed by atoms with Crippen molar-refractivity contribution in [1.82, 2.24) is 0 Å². The second kappa shape index (κ2) is 7.05. The molecule has 2 unspecified atom stereocenters. The number of nitrogens with zero attached hydrogens (tertiary/aromatic N) is 1. The van der Waals surface area contributed by atoms with E-state index in [-0.39, 0.29) is 18.3 Å². The van der Waals surface area contributed by atoms with E-state index in [2.05, 4.69) is 0 Å². The highest BCUT2D eigenvalue weighted by molar-refractivity contribution is 6.30. The highest BCUT2D eigenvalue weighted by atomic mass is 35.5. The first kappa shape index (κ1) is 16.5. The number of anilines is 1. The van der Waals surface area contributed by atoms with E-state index in [1.807, 2.05) is 42.5 Å². The molecule has 5 heteroatoms. The Kier molecular flexibility index (Phi) is 4.86. The van der Waals surface area contributed by atoms with Crippen molar-refractivity contribution in [2.75, 3.05) is 11.5 Å². The first-order chi connectivity index (χ1) is 11.6. The van der Waals surface area contributed by atoms with Crippen LogP contribution in [0.1, 0.15) is 24.9 Å². The molecule has 1 amide bonds. The minimum absolute atomic E-state index is 0.0841. The van der Waals surface area contributed by atoms with E-state index in [1.165, 1.54) is 0 Å². The normalized spacial score (nSPS) is 20.2. The van der Waals surface area contributed by atoms with E-state index in [9.17, 15) is 9.59 Å². The zero-order valence-electron chi connectivity index (χ0n) is 13.3. The van der Waals surface area contributed by atoms with Crippen molar-refractivity contribution < 1.29 is 14.3 Å². The Hall–Kier alpha value is -2.33. The second-order valence-electron chi connectivity index (χ2n) is 5.66. The molecule has 24 heavy (non-hydrogen) atoms. The van der Waals surface area contributed by atoms with Gasteiger partial charge in [-0.2, -0.15) is 0 Å². The van der Waals surface area contributed by atoms with Crippen LogP contribution in [0.25, 0.3) is 0 Å². The summed E-state index contributed by atoms with van der Waals surface area (Å²) in [6, 6.07) is 16.2. The lowest BCUT2D eigenvalue weighted by molar-refractivity contribution is -0.148. The molecule has 0 radical (unpaired) electrons. The Bertz CT molecular complexity index is 730. The molecule has 1 fully saturated rings. The number of halogens is 1. The van der Waals surface area contributed by atoms with Crippen LogP contribution in [-0.2, 0) is 14.3 Å². The SMILES string of the molecule is CCOC(=O)C1CC(=O)N(c2ccccc2)C1c1ccc(Cl)cc1. The minimum atomic E-state index is -0.529. The Morgan fingerprint density at radius 2 is 1.83 bits per heavy atom. The third-order valence-corrected chi connectivity index (χ3v) is 4.41. The number of para-hydroxylation sites is 1. The maximum Gasteiger partial charge on any atom is 0.311 e. The summed E-state index contributed by atoms with van der Waals surface area (Å²) in [4.78, 5) is 26.7. The maximum absolute atomic E-state index is 12.6. The summed E-state index contributed by atoms with van der Waals surface area (Å²) < 4.78 is 5.19. The first-order valence-electron chi connectivity index (χ1n) is 7.91. The highest BCUT2D eigenvalue weighted by Gasteiger charge is 2.46. The molecule has 2 atom stereocenters. The van der Waals surface area contributed by atoms with Gasteiger partial charge in [0, 0.05) is 17.1 Å². The zero-order chi connectivity index (χ0) is 17.1. The van der Waals surface area contributed by atoms with Gasteiger partial charge in [0.05, 0.1) is 18.6 Å². The predicted molar refractivity (Wildman–Crippen MR) is 92.9 cm³/mol. The monoisotopic (exact) mass is 343 g/mol. The number of amides is 1. The molecule has 4 nitrogen and oxygen atoms in total. The van der Waals surface area contributed by atoms with Crippen LogP contribution >= 0.6 is 11.6 Å². The fraction of sp³-hybridized carbons (Fsp3) is 0.263. The van der Waals surface area contributed by atoms with Crippen molar-refractivity contribution in [3.8, 4) is 0 Å². The van der Waals surface area contributed by atoms with Crippen LogP contribution in [0.3, 0.4) is 0 Å². The van der Waals surface area contributed by atoms with Crippen molar-refractivity contribution in [2.45, 2.75) is 19.4 Å². The molecule has 3 rings (SSSR count). The zero-order valence-corrected chi connectivity index (χ0v) is 14.1. The van der Waals surface area contributed by atoms with E-state index >= 15 is 0 Å². The number of benzene rings is 2. The highest BCUT2D eigenvalue weighted by Crippen LogP contribution is 2.42. The van der Waals surface area contributed by atoms with Crippen LogP contribution in [-0.4, -0.2) is 18.5 Å². The van der Waals surface area contributed by atoms with Crippen molar-refractivity contribution in [2.24, 2.45) is 5.92 Å². The van der Waals surface area contributed by atoms with E-state index in [1.54, 1.807) is 24.0 Å². The van der Waals surface area contributed by atoms with Gasteiger partial charge < -0.3 is 9.64 Å². The fourth-order valence-electron chi connectivity index (χ4n) is 3.13. The summed E-state index contributed by atoms with van der Waals surface area (Å²) in [6.07, 6.45) is 0.140. The Morgan fingerprint density at radius 3 is 2.46 bits per heavy atom. The van der Waals surface area contributed by atoms with Crippen LogP contribution in [0, 0.1) is 5.92 Å². The quantitative estimate of drug-likeness (QED) is 0.788. The molecular formula is C19H18ClNO3. The fourth-order valence-corrected chi connectivity index (χ4v) is 3.26. The lowest BCUT2D eigenvalue weighted by Gasteiger charge is -2.28. The smallest absolute Gasteiger partial charge is 0.311 e. The van der Waals surface area contributed by atoms with Gasteiger partial charge in [-0.3, -0.25) is 9.59 Å². The molecule has 0 aromatic heterocycles. The van der Waals surface area contributed by atoms with Gasteiger partial charge in [-0.25, -0.2) is 0 Å². The van der Waals surface area contributed by atoms with E-state index < -0.39 is 12.0 Å². The number of carbonyl (C=O) groups excluding carboxylic acids is 2. The topological polar surface area (TPSA) is 46.6 Å². The number of hydrogen-bond donors (Lipinski definition) is 0. The molecule has 2 aromatic rings. The van der Waals surface area contributed by atoms with E-state index in [0.717, 1.165) is 11.3 Å². The van der Waals surface area contributed by atoms with Gasteiger partial charge in [0.25, 0.3) is 0 Å². The number of esters is 1. The van der Waals surface area contributed by atoms with E-state index in [0.29, 0.717) is 11.6 Å². The molecule has 0 saturated carbocycles. The minimum Gasteiger partial charge on any atom is -0.466 e. The summed E-state index contributed by atoms with van der Waals surface area (Å²) in [7, 11) is 0. The standard InChI is InChI=1S/C19H18ClNO3/c1-2-24-19(23)16-12-17(22)21(15-6-4-3-5-7-15)18(16)13-8-10-14(20)11-9-13/h3-11,16,18H,2,12H2,1H3. The van der Waals surface area contributed by atoms with Crippen LogP contribution in [0.4, 0.5) is 5.69 Å². The molecule has 1 aliphatic heterocycles. The molecule has 1 heterocycles. The van der Waals surface area contributed by atoms with Crippen molar-refractivity contribution in [3.63, 3.8) is 0 Å². The Morgan fingerprint density at radius 1 is 1.17 bits per heavy atom. The second-order valence-corrected chi connectivity index (χ2v) is 6.09. The average Bonchev–Trinajstić information content (AvgIpc) is 2.94. The lowest BCUT2D eigenvalue weighted by Crippen LogP contribution is -2.31. The molecule has 0 bridgehead atoms. The summed E-state index contributed by atoms with van der Waals surface area (Å²) >= 11 is 5.98. The molecule has 0 aliphatic carbocycles. The van der Waals surface area contributed by atoms with Crippen LogP contribution in [0.5, 0.6) is 0 Å². The summed E-state index contributed by atoms with van der Waals surface area (Å²) in [6.45, 7) is 2.06. The van der Waals surface area contributed by atoms with Gasteiger partial charge in [0.15, 0.2) is 0 Å². The third-order valence-electron chi connectivity index (χ3n) is 4.16. The number of ether oxygens (including phenoxy) is 1. The van der Waals surface area contributed by atoms with Crippen LogP contribution in [0.2, 0.25) is 5.02 Å². The van der Waals surface area contributed by atoms with Gasteiger partial charge in [-0.15, -0.1) is 0 Å². The van der Waals surface area contributed by atoms with Gasteiger partial charge in [-0.1, -0.05) is 41.9 Å². The molecule has 1 aliphatic rings.